The van der Waals surface area contributed by atoms with Gasteiger partial charge in [0.1, 0.15) is 17.3 Å². The van der Waals surface area contributed by atoms with Crippen molar-refractivity contribution in [2.24, 2.45) is 0 Å². The van der Waals surface area contributed by atoms with E-state index in [1.807, 2.05) is 28.8 Å². The summed E-state index contributed by atoms with van der Waals surface area (Å²) in [4.78, 5) is 13.1. The molecule has 0 fully saturated rings. The van der Waals surface area contributed by atoms with Crippen LogP contribution in [0.25, 0.3) is 17.0 Å². The number of nitrogens with two attached hydrogens (primary N) is 1. The summed E-state index contributed by atoms with van der Waals surface area (Å²) in [6.07, 6.45) is 3.69. The highest BCUT2D eigenvalue weighted by atomic mass is 15.0. The van der Waals surface area contributed by atoms with Crippen LogP contribution in [0, 0.1) is 0 Å². The number of aromatic nitrogens is 4. The van der Waals surface area contributed by atoms with Gasteiger partial charge in [-0.3, -0.25) is 4.40 Å². The van der Waals surface area contributed by atoms with Crippen molar-refractivity contribution in [3.8, 4) is 11.4 Å². The molecule has 19 heavy (non-hydrogen) atoms. The largest absolute Gasteiger partial charge is 0.384 e. The summed E-state index contributed by atoms with van der Waals surface area (Å²) in [5, 5.41) is 0. The van der Waals surface area contributed by atoms with Crippen molar-refractivity contribution < 1.29 is 0 Å². The second-order valence-electron chi connectivity index (χ2n) is 4.76. The van der Waals surface area contributed by atoms with Gasteiger partial charge in [0.15, 0.2) is 0 Å². The van der Waals surface area contributed by atoms with Gasteiger partial charge in [0, 0.05) is 24.4 Å². The topological polar surface area (TPSA) is 69.1 Å². The summed E-state index contributed by atoms with van der Waals surface area (Å²) < 4.78 is 1.99. The van der Waals surface area contributed by atoms with E-state index in [4.69, 9.17) is 5.73 Å². The van der Waals surface area contributed by atoms with Crippen LogP contribution in [0.4, 0.5) is 5.82 Å². The quantitative estimate of drug-likeness (QED) is 0.761. The molecule has 0 saturated carbocycles. The molecule has 0 atom stereocenters. The van der Waals surface area contributed by atoms with Crippen LogP contribution in [0.1, 0.15) is 25.6 Å². The van der Waals surface area contributed by atoms with Gasteiger partial charge >= 0.3 is 0 Å². The smallest absolute Gasteiger partial charge is 0.137 e. The Labute approximate surface area is 111 Å². The minimum Gasteiger partial charge on any atom is -0.384 e. The average Bonchev–Trinajstić information content (AvgIpc) is 2.85. The van der Waals surface area contributed by atoms with Crippen molar-refractivity contribution in [1.82, 2.24) is 19.4 Å². The van der Waals surface area contributed by atoms with E-state index in [0.29, 0.717) is 5.82 Å². The first-order valence-electron chi connectivity index (χ1n) is 6.22. The molecule has 0 spiro atoms. The summed E-state index contributed by atoms with van der Waals surface area (Å²) in [5.41, 5.74) is 8.55. The first-order chi connectivity index (χ1) is 9.15. The lowest BCUT2D eigenvalue weighted by atomic mass is 10.2. The van der Waals surface area contributed by atoms with Gasteiger partial charge in [-0.15, -0.1) is 0 Å². The van der Waals surface area contributed by atoms with E-state index in [1.54, 1.807) is 12.3 Å². The maximum absolute atomic E-state index is 5.88. The van der Waals surface area contributed by atoms with Crippen LogP contribution in [0.3, 0.4) is 0 Å². The molecule has 0 aliphatic rings. The molecule has 3 rings (SSSR count). The Morgan fingerprint density at radius 1 is 1.21 bits per heavy atom. The van der Waals surface area contributed by atoms with Gasteiger partial charge in [0.25, 0.3) is 0 Å². The molecule has 0 aliphatic carbocycles. The van der Waals surface area contributed by atoms with Gasteiger partial charge in [-0.2, -0.15) is 0 Å². The number of nitrogen functional groups attached to an aromatic ring is 1. The van der Waals surface area contributed by atoms with Crippen LogP contribution in [0.15, 0.2) is 36.7 Å². The van der Waals surface area contributed by atoms with Crippen molar-refractivity contribution in [2.75, 3.05) is 5.73 Å². The maximum Gasteiger partial charge on any atom is 0.137 e. The molecule has 0 radical (unpaired) electrons. The summed E-state index contributed by atoms with van der Waals surface area (Å²) in [6.45, 7) is 4.10. The molecular weight excluding hydrogens is 238 g/mol. The molecule has 5 nitrogen and oxygen atoms in total. The highest BCUT2D eigenvalue weighted by Gasteiger charge is 2.10. The number of hydrogen-bond donors (Lipinski definition) is 1. The molecule has 3 heterocycles. The highest BCUT2D eigenvalue weighted by Crippen LogP contribution is 2.22. The zero-order chi connectivity index (χ0) is 13.4. The molecule has 96 valence electrons. The highest BCUT2D eigenvalue weighted by molar-refractivity contribution is 5.62. The predicted octanol–water partition coefficient (Wildman–Crippen LogP) is 2.50. The SMILES string of the molecule is CC(C)c1nc(N)cc(-c2cccc3nccn23)n1. The van der Waals surface area contributed by atoms with Crippen molar-refractivity contribution in [2.45, 2.75) is 19.8 Å². The predicted molar refractivity (Wildman–Crippen MR) is 74.7 cm³/mol. The van der Waals surface area contributed by atoms with E-state index in [2.05, 4.69) is 28.8 Å². The molecule has 3 aromatic heterocycles. The lowest BCUT2D eigenvalue weighted by Crippen LogP contribution is -2.04. The van der Waals surface area contributed by atoms with Crippen molar-refractivity contribution in [3.05, 3.63) is 42.5 Å². The summed E-state index contributed by atoms with van der Waals surface area (Å²) in [7, 11) is 0. The van der Waals surface area contributed by atoms with E-state index in [0.717, 1.165) is 22.9 Å². The lowest BCUT2D eigenvalue weighted by Gasteiger charge is -2.09. The van der Waals surface area contributed by atoms with Gasteiger partial charge in [0.05, 0.1) is 11.4 Å². The normalized spacial score (nSPS) is 11.3. The maximum atomic E-state index is 5.88. The summed E-state index contributed by atoms with van der Waals surface area (Å²) >= 11 is 0. The summed E-state index contributed by atoms with van der Waals surface area (Å²) in [5.74, 6) is 1.49. The van der Waals surface area contributed by atoms with Crippen molar-refractivity contribution >= 4 is 11.5 Å². The number of fused-ring (bicyclic) bond motifs is 1. The van der Waals surface area contributed by atoms with Gasteiger partial charge < -0.3 is 5.73 Å². The third-order valence-electron chi connectivity index (χ3n) is 2.97. The molecular formula is C14H15N5. The second kappa shape index (κ2) is 4.35. The minimum absolute atomic E-state index is 0.240. The zero-order valence-corrected chi connectivity index (χ0v) is 10.9. The standard InChI is InChI=1S/C14H15N5/c1-9(2)14-17-10(8-12(15)18-14)11-4-3-5-13-16-6-7-19(11)13/h3-9H,1-2H3,(H2,15,17,18). The second-order valence-corrected chi connectivity index (χ2v) is 4.76. The fraction of sp³-hybridized carbons (Fsp3) is 0.214. The van der Waals surface area contributed by atoms with E-state index in [9.17, 15) is 0 Å². The molecule has 5 heteroatoms. The fourth-order valence-corrected chi connectivity index (χ4v) is 2.03. The number of rotatable bonds is 2. The third-order valence-corrected chi connectivity index (χ3v) is 2.97. The Kier molecular flexibility index (Phi) is 2.67. The van der Waals surface area contributed by atoms with E-state index < -0.39 is 0 Å². The van der Waals surface area contributed by atoms with Gasteiger partial charge in [-0.1, -0.05) is 19.9 Å². The van der Waals surface area contributed by atoms with Crippen LogP contribution >= 0.6 is 0 Å². The molecule has 2 N–H and O–H groups in total. The van der Waals surface area contributed by atoms with E-state index in [-0.39, 0.29) is 5.92 Å². The van der Waals surface area contributed by atoms with Crippen LogP contribution in [0.5, 0.6) is 0 Å². The number of pyridine rings is 1. The Morgan fingerprint density at radius 2 is 2.05 bits per heavy atom. The Balaban J connectivity index is 2.24. The molecule has 0 amide bonds. The molecule has 0 bridgehead atoms. The van der Waals surface area contributed by atoms with Crippen molar-refractivity contribution in [1.29, 1.82) is 0 Å². The molecule has 3 aromatic rings. The van der Waals surface area contributed by atoms with Gasteiger partial charge in [-0.25, -0.2) is 15.0 Å². The first kappa shape index (κ1) is 11.6. The molecule has 0 aliphatic heterocycles. The van der Waals surface area contributed by atoms with E-state index >= 15 is 0 Å². The lowest BCUT2D eigenvalue weighted by molar-refractivity contribution is 0.778. The molecule has 0 aromatic carbocycles. The van der Waals surface area contributed by atoms with E-state index in [1.165, 1.54) is 0 Å². The minimum atomic E-state index is 0.240. The molecule has 0 saturated heterocycles. The Hall–Kier alpha value is -2.43. The number of imidazole rings is 1. The summed E-state index contributed by atoms with van der Waals surface area (Å²) in [6, 6.07) is 7.71. The van der Waals surface area contributed by atoms with Crippen LogP contribution in [-0.2, 0) is 0 Å². The van der Waals surface area contributed by atoms with Gasteiger partial charge in [-0.05, 0) is 12.1 Å². The number of nitrogens with zero attached hydrogens (tertiary/aromatic N) is 4. The Bertz CT molecular complexity index is 730. The van der Waals surface area contributed by atoms with Crippen LogP contribution < -0.4 is 5.73 Å². The Morgan fingerprint density at radius 3 is 2.84 bits per heavy atom. The van der Waals surface area contributed by atoms with Crippen molar-refractivity contribution in [3.63, 3.8) is 0 Å². The van der Waals surface area contributed by atoms with Gasteiger partial charge in [0.2, 0.25) is 0 Å². The average molecular weight is 253 g/mol. The third kappa shape index (κ3) is 2.03. The van der Waals surface area contributed by atoms with Crippen LogP contribution in [0.2, 0.25) is 0 Å². The number of anilines is 1. The zero-order valence-electron chi connectivity index (χ0n) is 10.9. The molecule has 0 unspecified atom stereocenters. The first-order valence-corrected chi connectivity index (χ1v) is 6.22. The monoisotopic (exact) mass is 253 g/mol. The van der Waals surface area contributed by atoms with Crippen LogP contribution in [-0.4, -0.2) is 19.4 Å². The number of hydrogen-bond acceptors (Lipinski definition) is 4. The fourth-order valence-electron chi connectivity index (χ4n) is 2.03.